The van der Waals surface area contributed by atoms with Gasteiger partial charge in [-0.1, -0.05) is 25.7 Å². The van der Waals surface area contributed by atoms with Gasteiger partial charge in [0.15, 0.2) is 0 Å². The van der Waals surface area contributed by atoms with Crippen molar-refractivity contribution >= 4 is 5.97 Å². The standard InChI is InChI=1S/C11H14O4/c1-4-6-7-8-9(12)14-11(3,5-2)15-10(8)13/h4,6-7,12H,1,5H2,2-3H3/b7-6+. The molecule has 4 heteroatoms. The van der Waals surface area contributed by atoms with Crippen molar-refractivity contribution in [3.05, 3.63) is 36.3 Å². The summed E-state index contributed by atoms with van der Waals surface area (Å²) in [5.74, 6) is -2.08. The third-order valence-corrected chi connectivity index (χ3v) is 2.11. The van der Waals surface area contributed by atoms with Gasteiger partial charge in [0.05, 0.1) is 0 Å². The molecule has 1 N–H and O–H groups in total. The lowest BCUT2D eigenvalue weighted by molar-refractivity contribution is -0.230. The van der Waals surface area contributed by atoms with Crippen molar-refractivity contribution < 1.29 is 19.4 Å². The molecule has 0 saturated carbocycles. The van der Waals surface area contributed by atoms with Crippen molar-refractivity contribution in [1.82, 2.24) is 0 Å². The van der Waals surface area contributed by atoms with Crippen molar-refractivity contribution in [3.8, 4) is 0 Å². The van der Waals surface area contributed by atoms with E-state index in [1.165, 1.54) is 18.2 Å². The predicted molar refractivity (Wildman–Crippen MR) is 54.9 cm³/mol. The summed E-state index contributed by atoms with van der Waals surface area (Å²) in [4.78, 5) is 11.5. The second-order valence-corrected chi connectivity index (χ2v) is 3.29. The SMILES string of the molecule is C=C/C=C/C1=C(O)OC(C)(CC)OC1=O. The lowest BCUT2D eigenvalue weighted by Gasteiger charge is -2.32. The Morgan fingerprint density at radius 2 is 2.20 bits per heavy atom. The largest absolute Gasteiger partial charge is 0.480 e. The van der Waals surface area contributed by atoms with E-state index in [0.717, 1.165) is 0 Å². The van der Waals surface area contributed by atoms with E-state index in [1.54, 1.807) is 13.8 Å². The van der Waals surface area contributed by atoms with E-state index in [1.807, 2.05) is 0 Å². The van der Waals surface area contributed by atoms with E-state index in [-0.39, 0.29) is 5.57 Å². The number of aliphatic hydroxyl groups excluding tert-OH is 1. The maximum Gasteiger partial charge on any atom is 0.348 e. The molecule has 82 valence electrons. The minimum atomic E-state index is -1.08. The molecule has 0 aromatic carbocycles. The number of hydrogen-bond acceptors (Lipinski definition) is 4. The van der Waals surface area contributed by atoms with Crippen molar-refractivity contribution in [3.63, 3.8) is 0 Å². The molecular formula is C11H14O4. The van der Waals surface area contributed by atoms with Crippen molar-refractivity contribution in [2.45, 2.75) is 26.1 Å². The third-order valence-electron chi connectivity index (χ3n) is 2.11. The highest BCUT2D eigenvalue weighted by Crippen LogP contribution is 2.28. The molecule has 0 fully saturated rings. The molecule has 0 bridgehead atoms. The molecule has 0 aliphatic carbocycles. The fraction of sp³-hybridized carbons (Fsp3) is 0.364. The van der Waals surface area contributed by atoms with Gasteiger partial charge in [0.2, 0.25) is 0 Å². The summed E-state index contributed by atoms with van der Waals surface area (Å²) in [6.45, 7) is 6.85. The summed E-state index contributed by atoms with van der Waals surface area (Å²) in [6.07, 6.45) is 4.85. The number of ether oxygens (including phenoxy) is 2. The molecule has 1 atom stereocenters. The molecule has 0 aromatic heterocycles. The number of allylic oxidation sites excluding steroid dienone is 2. The number of rotatable bonds is 3. The summed E-state index contributed by atoms with van der Waals surface area (Å²) >= 11 is 0. The van der Waals surface area contributed by atoms with Gasteiger partial charge in [-0.3, -0.25) is 0 Å². The minimum Gasteiger partial charge on any atom is -0.480 e. The van der Waals surface area contributed by atoms with Gasteiger partial charge in [-0.25, -0.2) is 4.79 Å². The Bertz CT molecular complexity index is 340. The second kappa shape index (κ2) is 4.21. The first-order valence-electron chi connectivity index (χ1n) is 4.67. The fourth-order valence-corrected chi connectivity index (χ4v) is 1.07. The average molecular weight is 210 g/mol. The monoisotopic (exact) mass is 210 g/mol. The topological polar surface area (TPSA) is 55.8 Å². The zero-order valence-electron chi connectivity index (χ0n) is 8.82. The molecule has 0 saturated heterocycles. The first-order valence-corrected chi connectivity index (χ1v) is 4.67. The van der Waals surface area contributed by atoms with Crippen molar-refractivity contribution in [2.75, 3.05) is 0 Å². The molecule has 4 nitrogen and oxygen atoms in total. The van der Waals surface area contributed by atoms with Gasteiger partial charge in [0.25, 0.3) is 11.7 Å². The van der Waals surface area contributed by atoms with Crippen LogP contribution in [0.5, 0.6) is 0 Å². The van der Waals surface area contributed by atoms with Gasteiger partial charge in [0, 0.05) is 13.3 Å². The maximum absolute atomic E-state index is 11.5. The molecule has 0 spiro atoms. The van der Waals surface area contributed by atoms with Crippen LogP contribution in [-0.4, -0.2) is 16.9 Å². The second-order valence-electron chi connectivity index (χ2n) is 3.29. The van der Waals surface area contributed by atoms with Crippen LogP contribution in [0.4, 0.5) is 0 Å². The van der Waals surface area contributed by atoms with Crippen LogP contribution in [0, 0.1) is 0 Å². The first-order chi connectivity index (χ1) is 7.02. The molecule has 1 unspecified atom stereocenters. The predicted octanol–water partition coefficient (Wildman–Crippen LogP) is 2.20. The van der Waals surface area contributed by atoms with Gasteiger partial charge in [-0.2, -0.15) is 0 Å². The zero-order valence-corrected chi connectivity index (χ0v) is 8.82. The Kier molecular flexibility index (Phi) is 3.19. The smallest absolute Gasteiger partial charge is 0.348 e. The number of carbonyl (C=O) groups excluding carboxylic acids is 1. The molecule has 1 aliphatic heterocycles. The Balaban J connectivity index is 2.98. The van der Waals surface area contributed by atoms with E-state index in [0.29, 0.717) is 6.42 Å². The normalized spacial score (nSPS) is 26.4. The summed E-state index contributed by atoms with van der Waals surface area (Å²) in [6, 6.07) is 0. The summed E-state index contributed by atoms with van der Waals surface area (Å²) in [5, 5.41) is 9.50. The van der Waals surface area contributed by atoms with Gasteiger partial charge in [-0.05, 0) is 6.08 Å². The van der Waals surface area contributed by atoms with Crippen LogP contribution < -0.4 is 0 Å². The molecule has 0 amide bonds. The molecule has 0 aromatic rings. The lowest BCUT2D eigenvalue weighted by Crippen LogP contribution is -2.38. The number of cyclic esters (lactones) is 1. The molecule has 1 aliphatic rings. The number of carbonyl (C=O) groups is 1. The Labute approximate surface area is 88.5 Å². The quantitative estimate of drug-likeness (QED) is 0.573. The van der Waals surface area contributed by atoms with E-state index in [4.69, 9.17) is 9.47 Å². The van der Waals surface area contributed by atoms with Gasteiger partial charge in [-0.15, -0.1) is 0 Å². The van der Waals surface area contributed by atoms with Crippen LogP contribution >= 0.6 is 0 Å². The Morgan fingerprint density at radius 1 is 1.53 bits per heavy atom. The fourth-order valence-electron chi connectivity index (χ4n) is 1.07. The van der Waals surface area contributed by atoms with Crippen LogP contribution in [-0.2, 0) is 14.3 Å². The van der Waals surface area contributed by atoms with Gasteiger partial charge in [0.1, 0.15) is 5.57 Å². The van der Waals surface area contributed by atoms with E-state index < -0.39 is 17.7 Å². The third kappa shape index (κ3) is 2.40. The molecule has 15 heavy (non-hydrogen) atoms. The number of aliphatic hydroxyl groups is 1. The highest BCUT2D eigenvalue weighted by atomic mass is 16.8. The summed E-state index contributed by atoms with van der Waals surface area (Å²) < 4.78 is 10.1. The average Bonchev–Trinajstić information content (AvgIpc) is 2.16. The maximum atomic E-state index is 11.5. The van der Waals surface area contributed by atoms with Crippen LogP contribution in [0.2, 0.25) is 0 Å². The van der Waals surface area contributed by atoms with Gasteiger partial charge < -0.3 is 14.6 Å². The molecule has 0 radical (unpaired) electrons. The van der Waals surface area contributed by atoms with E-state index in [9.17, 15) is 9.90 Å². The number of hydrogen-bond donors (Lipinski definition) is 1. The zero-order chi connectivity index (χ0) is 11.5. The van der Waals surface area contributed by atoms with Crippen molar-refractivity contribution in [2.24, 2.45) is 0 Å². The highest BCUT2D eigenvalue weighted by molar-refractivity contribution is 5.92. The van der Waals surface area contributed by atoms with E-state index >= 15 is 0 Å². The van der Waals surface area contributed by atoms with Crippen LogP contribution in [0.3, 0.4) is 0 Å². The first kappa shape index (κ1) is 11.4. The molecule has 1 heterocycles. The Hall–Kier alpha value is -1.71. The summed E-state index contributed by atoms with van der Waals surface area (Å²) in [5.41, 5.74) is 0.000764. The number of esters is 1. The summed E-state index contributed by atoms with van der Waals surface area (Å²) in [7, 11) is 0. The van der Waals surface area contributed by atoms with Gasteiger partial charge >= 0.3 is 5.97 Å². The molecular weight excluding hydrogens is 196 g/mol. The van der Waals surface area contributed by atoms with Crippen LogP contribution in [0.25, 0.3) is 0 Å². The highest BCUT2D eigenvalue weighted by Gasteiger charge is 2.37. The molecule has 1 rings (SSSR count). The van der Waals surface area contributed by atoms with Crippen molar-refractivity contribution in [1.29, 1.82) is 0 Å². The minimum absolute atomic E-state index is 0.000764. The van der Waals surface area contributed by atoms with E-state index in [2.05, 4.69) is 6.58 Å². The lowest BCUT2D eigenvalue weighted by atomic mass is 10.2. The Morgan fingerprint density at radius 3 is 2.67 bits per heavy atom. The van der Waals surface area contributed by atoms with Crippen LogP contribution in [0.15, 0.2) is 36.3 Å². The van der Waals surface area contributed by atoms with Crippen LogP contribution in [0.1, 0.15) is 20.3 Å².